The largest absolute Gasteiger partial charge is 0.264 e. The van der Waals surface area contributed by atoms with Gasteiger partial charge in [-0.2, -0.15) is 0 Å². The summed E-state index contributed by atoms with van der Waals surface area (Å²) in [4.78, 5) is 7.47. The lowest BCUT2D eigenvalue weighted by Gasteiger charge is -2.08. The zero-order valence-electron chi connectivity index (χ0n) is 9.14. The van der Waals surface area contributed by atoms with Crippen molar-refractivity contribution >= 4 is 55.0 Å². The van der Waals surface area contributed by atoms with E-state index >= 15 is 0 Å². The number of aromatic nitrogens is 2. The lowest BCUT2D eigenvalue weighted by molar-refractivity contribution is 0.601. The molecular formula is C10H6BrCl2N3O2S. The third-order valence-electron chi connectivity index (χ3n) is 2.03. The fourth-order valence-electron chi connectivity index (χ4n) is 1.28. The molecule has 19 heavy (non-hydrogen) atoms. The molecular weight excluding hydrogens is 377 g/mol. The van der Waals surface area contributed by atoms with Crippen molar-refractivity contribution in [2.45, 2.75) is 4.90 Å². The van der Waals surface area contributed by atoms with E-state index in [0.717, 1.165) is 0 Å². The molecule has 2 aromatic rings. The van der Waals surface area contributed by atoms with Gasteiger partial charge in [0.25, 0.3) is 10.0 Å². The number of anilines is 1. The topological polar surface area (TPSA) is 72.0 Å². The fraction of sp³-hybridized carbons (Fsp3) is 0. The first-order valence-electron chi connectivity index (χ1n) is 4.84. The molecule has 5 nitrogen and oxygen atoms in total. The predicted octanol–water partition coefficient (Wildman–Crippen LogP) is 3.35. The van der Waals surface area contributed by atoms with Crippen molar-refractivity contribution in [2.24, 2.45) is 0 Å². The molecule has 9 heteroatoms. The number of hydrogen-bond acceptors (Lipinski definition) is 4. The maximum Gasteiger partial charge on any atom is 0.264 e. The Hall–Kier alpha value is -0.890. The van der Waals surface area contributed by atoms with Crippen molar-refractivity contribution in [1.29, 1.82) is 0 Å². The number of nitrogens with zero attached hydrogens (tertiary/aromatic N) is 2. The number of hydrogen-bond donors (Lipinski definition) is 1. The van der Waals surface area contributed by atoms with Crippen LogP contribution in [0, 0.1) is 0 Å². The Balaban J connectivity index is 2.38. The molecule has 0 radical (unpaired) electrons. The number of rotatable bonds is 3. The van der Waals surface area contributed by atoms with Crippen molar-refractivity contribution in [2.75, 3.05) is 4.72 Å². The fourth-order valence-corrected chi connectivity index (χ4v) is 3.45. The number of sulfonamides is 1. The number of nitrogens with one attached hydrogen (secondary N) is 1. The van der Waals surface area contributed by atoms with Gasteiger partial charge in [0.05, 0.1) is 17.4 Å². The Morgan fingerprint density at radius 3 is 2.58 bits per heavy atom. The first kappa shape index (κ1) is 14.5. The maximum atomic E-state index is 12.1. The van der Waals surface area contributed by atoms with E-state index in [0.29, 0.717) is 4.47 Å². The molecule has 0 aliphatic carbocycles. The third-order valence-corrected chi connectivity index (χ3v) is 4.54. The molecule has 2 rings (SSSR count). The normalized spacial score (nSPS) is 11.3. The van der Waals surface area contributed by atoms with E-state index in [1.54, 1.807) is 6.07 Å². The predicted molar refractivity (Wildman–Crippen MR) is 77.0 cm³/mol. The van der Waals surface area contributed by atoms with Crippen molar-refractivity contribution in [3.8, 4) is 0 Å². The summed E-state index contributed by atoms with van der Waals surface area (Å²) in [6.07, 6.45) is 2.54. The average molecular weight is 383 g/mol. The molecule has 0 amide bonds. The number of halogens is 3. The molecule has 0 spiro atoms. The minimum Gasteiger partial charge on any atom is -0.262 e. The van der Waals surface area contributed by atoms with Crippen molar-refractivity contribution < 1.29 is 8.42 Å². The van der Waals surface area contributed by atoms with Gasteiger partial charge in [-0.05, 0) is 18.2 Å². The number of benzene rings is 1. The van der Waals surface area contributed by atoms with Gasteiger partial charge in [-0.1, -0.05) is 39.1 Å². The van der Waals surface area contributed by atoms with Gasteiger partial charge < -0.3 is 0 Å². The van der Waals surface area contributed by atoms with Gasteiger partial charge in [0.2, 0.25) is 0 Å². The summed E-state index contributed by atoms with van der Waals surface area (Å²) in [5, 5.41) is 0.180. The van der Waals surface area contributed by atoms with Gasteiger partial charge in [0.15, 0.2) is 5.82 Å². The van der Waals surface area contributed by atoms with Crippen LogP contribution in [0.4, 0.5) is 5.82 Å². The lowest BCUT2D eigenvalue weighted by atomic mass is 10.4. The lowest BCUT2D eigenvalue weighted by Crippen LogP contribution is -2.14. The molecule has 1 aromatic heterocycles. The Labute approximate surface area is 128 Å². The molecule has 1 N–H and O–H groups in total. The van der Waals surface area contributed by atoms with Crippen LogP contribution in [0.2, 0.25) is 10.2 Å². The summed E-state index contributed by atoms with van der Waals surface area (Å²) in [6.45, 7) is 0. The molecule has 0 bridgehead atoms. The van der Waals surface area contributed by atoms with E-state index in [1.807, 2.05) is 0 Å². The molecule has 0 aliphatic rings. The second-order valence-corrected chi connectivity index (χ2v) is 6.77. The van der Waals surface area contributed by atoms with E-state index in [4.69, 9.17) is 23.2 Å². The molecule has 0 unspecified atom stereocenters. The maximum absolute atomic E-state index is 12.1. The molecule has 0 atom stereocenters. The van der Waals surface area contributed by atoms with E-state index in [2.05, 4.69) is 30.6 Å². The average Bonchev–Trinajstić information content (AvgIpc) is 2.27. The highest BCUT2D eigenvalue weighted by Crippen LogP contribution is 2.26. The molecule has 0 saturated carbocycles. The summed E-state index contributed by atoms with van der Waals surface area (Å²) >= 11 is 14.7. The van der Waals surface area contributed by atoms with Crippen LogP contribution in [-0.2, 0) is 10.0 Å². The minimum absolute atomic E-state index is 0.0199. The Kier molecular flexibility index (Phi) is 4.29. The first-order chi connectivity index (χ1) is 8.88. The van der Waals surface area contributed by atoms with Crippen molar-refractivity contribution in [3.63, 3.8) is 0 Å². The zero-order valence-corrected chi connectivity index (χ0v) is 13.1. The zero-order chi connectivity index (χ0) is 14.0. The summed E-state index contributed by atoms with van der Waals surface area (Å²) in [5.74, 6) is 0.0199. The van der Waals surface area contributed by atoms with E-state index in [-0.39, 0.29) is 20.9 Å². The molecule has 1 heterocycles. The molecule has 1 aromatic carbocycles. The summed E-state index contributed by atoms with van der Waals surface area (Å²) < 4.78 is 27.2. The summed E-state index contributed by atoms with van der Waals surface area (Å²) in [5.41, 5.74) is 0. The minimum atomic E-state index is -3.84. The van der Waals surface area contributed by atoms with Gasteiger partial charge in [0, 0.05) is 4.47 Å². The molecule has 0 aliphatic heterocycles. The van der Waals surface area contributed by atoms with Crippen LogP contribution in [0.25, 0.3) is 0 Å². The highest BCUT2D eigenvalue weighted by molar-refractivity contribution is 9.10. The highest BCUT2D eigenvalue weighted by atomic mass is 79.9. The highest BCUT2D eigenvalue weighted by Gasteiger charge is 2.19. The van der Waals surface area contributed by atoms with Crippen molar-refractivity contribution in [3.05, 3.63) is 45.2 Å². The monoisotopic (exact) mass is 381 g/mol. The van der Waals surface area contributed by atoms with Crippen LogP contribution in [0.5, 0.6) is 0 Å². The Bertz CT molecular complexity index is 724. The smallest absolute Gasteiger partial charge is 0.262 e. The molecule has 0 saturated heterocycles. The molecule has 0 fully saturated rings. The molecule has 100 valence electrons. The van der Waals surface area contributed by atoms with E-state index in [9.17, 15) is 8.42 Å². The van der Waals surface area contributed by atoms with Crippen LogP contribution in [0.3, 0.4) is 0 Å². The standard InChI is InChI=1S/C10H6BrCl2N3O2S/c11-6-1-2-8(7(12)3-6)19(17,18)16-10-5-14-4-9(13)15-10/h1-5H,(H,15,16). The van der Waals surface area contributed by atoms with E-state index < -0.39 is 10.0 Å². The van der Waals surface area contributed by atoms with Crippen LogP contribution >= 0.6 is 39.1 Å². The van der Waals surface area contributed by atoms with Gasteiger partial charge in [-0.3, -0.25) is 9.71 Å². The summed E-state index contributed by atoms with van der Waals surface area (Å²) in [7, 11) is -3.84. The second kappa shape index (κ2) is 5.62. The van der Waals surface area contributed by atoms with Crippen LogP contribution in [0.1, 0.15) is 0 Å². The first-order valence-corrected chi connectivity index (χ1v) is 7.87. The quantitative estimate of drug-likeness (QED) is 0.883. The SMILES string of the molecule is O=S(=O)(Nc1cncc(Cl)n1)c1ccc(Br)cc1Cl. The van der Waals surface area contributed by atoms with Gasteiger partial charge >= 0.3 is 0 Å². The Morgan fingerprint density at radius 2 is 1.95 bits per heavy atom. The third kappa shape index (κ3) is 3.56. The van der Waals surface area contributed by atoms with Gasteiger partial charge in [0.1, 0.15) is 10.0 Å². The summed E-state index contributed by atoms with van der Waals surface area (Å²) in [6, 6.07) is 4.44. The van der Waals surface area contributed by atoms with Crippen LogP contribution < -0.4 is 4.72 Å². The van der Waals surface area contributed by atoms with Crippen molar-refractivity contribution in [1.82, 2.24) is 9.97 Å². The van der Waals surface area contributed by atoms with Gasteiger partial charge in [-0.15, -0.1) is 0 Å². The van der Waals surface area contributed by atoms with Crippen LogP contribution in [0.15, 0.2) is 40.0 Å². The van der Waals surface area contributed by atoms with Crippen LogP contribution in [-0.4, -0.2) is 18.4 Å². The van der Waals surface area contributed by atoms with Gasteiger partial charge in [-0.25, -0.2) is 13.4 Å². The second-order valence-electron chi connectivity index (χ2n) is 3.41. The van der Waals surface area contributed by atoms with E-state index in [1.165, 1.54) is 24.5 Å². The Morgan fingerprint density at radius 1 is 1.21 bits per heavy atom.